The minimum absolute atomic E-state index is 0.00909. The highest BCUT2D eigenvalue weighted by Crippen LogP contribution is 2.51. The van der Waals surface area contributed by atoms with Gasteiger partial charge in [0.05, 0.1) is 0 Å². The summed E-state index contributed by atoms with van der Waals surface area (Å²) in [5, 5.41) is 0. The fraction of sp³-hybridized carbons (Fsp3) is 0.143. The van der Waals surface area contributed by atoms with Crippen molar-refractivity contribution in [1.82, 2.24) is 0 Å². The summed E-state index contributed by atoms with van der Waals surface area (Å²) >= 11 is 0. The SMILES string of the molecule is [B]c1ccc2c(c1)C(C)(C)c1cccc(-c3ccccc3)c1-2. The predicted molar refractivity (Wildman–Crippen MR) is 94.8 cm³/mol. The highest BCUT2D eigenvalue weighted by atomic mass is 14.4. The second kappa shape index (κ2) is 4.61. The van der Waals surface area contributed by atoms with Gasteiger partial charge in [-0.15, -0.1) is 0 Å². The van der Waals surface area contributed by atoms with Crippen molar-refractivity contribution in [1.29, 1.82) is 0 Å². The van der Waals surface area contributed by atoms with Gasteiger partial charge in [-0.2, -0.15) is 0 Å². The maximum absolute atomic E-state index is 6.04. The van der Waals surface area contributed by atoms with Crippen LogP contribution in [0.3, 0.4) is 0 Å². The third-order valence-electron chi connectivity index (χ3n) is 4.81. The van der Waals surface area contributed by atoms with E-state index in [4.69, 9.17) is 7.85 Å². The summed E-state index contributed by atoms with van der Waals surface area (Å²) in [4.78, 5) is 0. The van der Waals surface area contributed by atoms with Crippen molar-refractivity contribution in [3.8, 4) is 22.3 Å². The van der Waals surface area contributed by atoms with Crippen molar-refractivity contribution in [2.24, 2.45) is 0 Å². The molecule has 1 aliphatic carbocycles. The monoisotopic (exact) mass is 280 g/mol. The van der Waals surface area contributed by atoms with E-state index in [9.17, 15) is 0 Å². The zero-order chi connectivity index (χ0) is 15.3. The normalized spacial score (nSPS) is 14.5. The highest BCUT2D eigenvalue weighted by molar-refractivity contribution is 6.32. The number of hydrogen-bond donors (Lipinski definition) is 0. The molecule has 104 valence electrons. The van der Waals surface area contributed by atoms with Crippen LogP contribution in [0.2, 0.25) is 0 Å². The summed E-state index contributed by atoms with van der Waals surface area (Å²) < 4.78 is 0. The van der Waals surface area contributed by atoms with Gasteiger partial charge in [0.2, 0.25) is 0 Å². The second-order valence-corrected chi connectivity index (χ2v) is 6.52. The number of benzene rings is 3. The van der Waals surface area contributed by atoms with Crippen LogP contribution in [0.1, 0.15) is 25.0 Å². The zero-order valence-electron chi connectivity index (χ0n) is 12.9. The van der Waals surface area contributed by atoms with Crippen molar-refractivity contribution in [3.63, 3.8) is 0 Å². The van der Waals surface area contributed by atoms with Crippen LogP contribution in [0.4, 0.5) is 0 Å². The molecule has 0 unspecified atom stereocenters. The third-order valence-corrected chi connectivity index (χ3v) is 4.81. The zero-order valence-corrected chi connectivity index (χ0v) is 12.9. The van der Waals surface area contributed by atoms with Gasteiger partial charge >= 0.3 is 0 Å². The summed E-state index contributed by atoms with van der Waals surface area (Å²) in [5.74, 6) is 0. The van der Waals surface area contributed by atoms with Gasteiger partial charge in [0, 0.05) is 5.41 Å². The Morgan fingerprint density at radius 2 is 1.50 bits per heavy atom. The van der Waals surface area contributed by atoms with Crippen LogP contribution < -0.4 is 5.46 Å². The predicted octanol–water partition coefficient (Wildman–Crippen LogP) is 4.45. The molecule has 3 aromatic rings. The molecule has 2 radical (unpaired) electrons. The molecular weight excluding hydrogens is 263 g/mol. The third kappa shape index (κ3) is 1.78. The molecule has 0 N–H and O–H groups in total. The van der Waals surface area contributed by atoms with E-state index in [-0.39, 0.29) is 5.41 Å². The Labute approximate surface area is 133 Å². The van der Waals surface area contributed by atoms with Crippen LogP contribution in [0.5, 0.6) is 0 Å². The van der Waals surface area contributed by atoms with E-state index in [1.807, 2.05) is 6.07 Å². The largest absolute Gasteiger partial charge is 0.113 e. The average molecular weight is 280 g/mol. The summed E-state index contributed by atoms with van der Waals surface area (Å²) in [5.41, 5.74) is 8.77. The molecule has 0 spiro atoms. The van der Waals surface area contributed by atoms with Crippen molar-refractivity contribution in [2.75, 3.05) is 0 Å². The van der Waals surface area contributed by atoms with Gasteiger partial charge in [-0.1, -0.05) is 86.0 Å². The standard InChI is InChI=1S/C21H17B/c1-21(2)18-10-6-9-16(14-7-4-3-5-8-14)20(18)17-12-11-15(22)13-19(17)21/h3-13H,1-2H3. The van der Waals surface area contributed by atoms with Crippen molar-refractivity contribution < 1.29 is 0 Å². The Balaban J connectivity index is 2.07. The topological polar surface area (TPSA) is 0 Å². The first-order chi connectivity index (χ1) is 10.6. The van der Waals surface area contributed by atoms with Gasteiger partial charge in [-0.05, 0) is 33.4 Å². The lowest BCUT2D eigenvalue weighted by Crippen LogP contribution is -2.17. The van der Waals surface area contributed by atoms with E-state index in [0.29, 0.717) is 0 Å². The minimum Gasteiger partial charge on any atom is -0.0963 e. The maximum atomic E-state index is 6.04. The molecule has 3 aromatic carbocycles. The van der Waals surface area contributed by atoms with Gasteiger partial charge in [-0.25, -0.2) is 0 Å². The molecule has 1 aliphatic rings. The first kappa shape index (κ1) is 13.4. The lowest BCUT2D eigenvalue weighted by molar-refractivity contribution is 0.661. The fourth-order valence-electron chi connectivity index (χ4n) is 3.66. The van der Waals surface area contributed by atoms with E-state index >= 15 is 0 Å². The smallest absolute Gasteiger partial charge is 0.0963 e. The van der Waals surface area contributed by atoms with Gasteiger partial charge < -0.3 is 0 Å². The Kier molecular flexibility index (Phi) is 2.81. The van der Waals surface area contributed by atoms with E-state index < -0.39 is 0 Å². The highest BCUT2D eigenvalue weighted by Gasteiger charge is 2.36. The molecule has 0 bridgehead atoms. The van der Waals surface area contributed by atoms with Crippen LogP contribution >= 0.6 is 0 Å². The number of rotatable bonds is 1. The quantitative estimate of drug-likeness (QED) is 0.577. The van der Waals surface area contributed by atoms with Crippen molar-refractivity contribution in [2.45, 2.75) is 19.3 Å². The number of hydrogen-bond acceptors (Lipinski definition) is 0. The lowest BCUT2D eigenvalue weighted by atomic mass is 9.80. The van der Waals surface area contributed by atoms with E-state index in [1.165, 1.54) is 33.4 Å². The molecule has 0 nitrogen and oxygen atoms in total. The summed E-state index contributed by atoms with van der Waals surface area (Å²) in [6.45, 7) is 4.57. The molecule has 0 aromatic heterocycles. The number of fused-ring (bicyclic) bond motifs is 3. The summed E-state index contributed by atoms with van der Waals surface area (Å²) in [6.07, 6.45) is 0. The molecule has 1 heteroatoms. The molecule has 0 saturated carbocycles. The van der Waals surface area contributed by atoms with Crippen LogP contribution in [0.25, 0.3) is 22.3 Å². The molecule has 0 amide bonds. The summed E-state index contributed by atoms with van der Waals surface area (Å²) in [7, 11) is 6.04. The molecule has 0 fully saturated rings. The average Bonchev–Trinajstić information content (AvgIpc) is 2.76. The van der Waals surface area contributed by atoms with Crippen molar-refractivity contribution in [3.05, 3.63) is 77.9 Å². The maximum Gasteiger partial charge on any atom is 0.113 e. The van der Waals surface area contributed by atoms with Gasteiger partial charge in [0.1, 0.15) is 7.85 Å². The molecule has 0 heterocycles. The lowest BCUT2D eigenvalue weighted by Gasteiger charge is -2.22. The van der Waals surface area contributed by atoms with E-state index in [1.54, 1.807) is 0 Å². The van der Waals surface area contributed by atoms with Crippen LogP contribution in [0, 0.1) is 0 Å². The first-order valence-electron chi connectivity index (χ1n) is 7.68. The van der Waals surface area contributed by atoms with Crippen LogP contribution in [-0.2, 0) is 5.41 Å². The van der Waals surface area contributed by atoms with Gasteiger partial charge in [-0.3, -0.25) is 0 Å². The Morgan fingerprint density at radius 1 is 0.727 bits per heavy atom. The van der Waals surface area contributed by atoms with E-state index in [2.05, 4.69) is 74.5 Å². The molecule has 0 atom stereocenters. The molecule has 0 aliphatic heterocycles. The van der Waals surface area contributed by atoms with Gasteiger partial charge in [0.15, 0.2) is 0 Å². The van der Waals surface area contributed by atoms with E-state index in [0.717, 1.165) is 5.46 Å². The van der Waals surface area contributed by atoms with Crippen LogP contribution in [0.15, 0.2) is 66.7 Å². The molecule has 22 heavy (non-hydrogen) atoms. The Morgan fingerprint density at radius 3 is 2.27 bits per heavy atom. The fourth-order valence-corrected chi connectivity index (χ4v) is 3.66. The molecule has 0 saturated heterocycles. The Hall–Kier alpha value is -2.28. The first-order valence-corrected chi connectivity index (χ1v) is 7.68. The summed E-state index contributed by atoms with van der Waals surface area (Å²) in [6, 6.07) is 23.5. The molecular formula is C21H17B. The Bertz CT molecular complexity index is 860. The second-order valence-electron chi connectivity index (χ2n) is 6.52. The van der Waals surface area contributed by atoms with Crippen LogP contribution in [-0.4, -0.2) is 7.85 Å². The van der Waals surface area contributed by atoms with Crippen molar-refractivity contribution >= 4 is 13.3 Å². The van der Waals surface area contributed by atoms with Gasteiger partial charge in [0.25, 0.3) is 0 Å². The molecule has 4 rings (SSSR count). The minimum atomic E-state index is -0.00909.